The van der Waals surface area contributed by atoms with Crippen molar-refractivity contribution in [1.82, 2.24) is 19.7 Å². The highest BCUT2D eigenvalue weighted by Crippen LogP contribution is 2.28. The van der Waals surface area contributed by atoms with Crippen LogP contribution in [0.15, 0.2) is 18.3 Å². The first-order valence-corrected chi connectivity index (χ1v) is 6.25. The van der Waals surface area contributed by atoms with Crippen molar-refractivity contribution in [2.75, 3.05) is 24.2 Å². The van der Waals surface area contributed by atoms with Gasteiger partial charge in [-0.2, -0.15) is 18.3 Å². The van der Waals surface area contributed by atoms with Crippen molar-refractivity contribution in [1.29, 1.82) is 0 Å². The van der Waals surface area contributed by atoms with Crippen molar-refractivity contribution in [3.05, 3.63) is 29.8 Å². The first-order chi connectivity index (χ1) is 9.88. The highest BCUT2D eigenvalue weighted by Gasteiger charge is 2.35. The van der Waals surface area contributed by atoms with E-state index in [1.807, 2.05) is 6.07 Å². The van der Waals surface area contributed by atoms with E-state index in [4.69, 9.17) is 0 Å². The molecule has 9 heteroatoms. The maximum Gasteiger partial charge on any atom is 0.451 e. The zero-order valence-electron chi connectivity index (χ0n) is 11.6. The summed E-state index contributed by atoms with van der Waals surface area (Å²) >= 11 is 0. The van der Waals surface area contributed by atoms with E-state index in [1.54, 1.807) is 17.9 Å². The van der Waals surface area contributed by atoms with Crippen LogP contribution in [-0.4, -0.2) is 33.3 Å². The molecule has 0 fully saturated rings. The van der Waals surface area contributed by atoms with Gasteiger partial charge >= 0.3 is 6.18 Å². The van der Waals surface area contributed by atoms with Gasteiger partial charge in [0.2, 0.25) is 5.82 Å². The van der Waals surface area contributed by atoms with Crippen molar-refractivity contribution in [3.8, 4) is 0 Å². The minimum absolute atomic E-state index is 0.109. The van der Waals surface area contributed by atoms with Crippen LogP contribution in [0.2, 0.25) is 0 Å². The first-order valence-electron chi connectivity index (χ1n) is 6.25. The molecular formula is C12H15F3N6. The number of hydrogen-bond acceptors (Lipinski definition) is 5. The fourth-order valence-corrected chi connectivity index (χ4v) is 1.71. The highest BCUT2D eigenvalue weighted by molar-refractivity contribution is 5.47. The molecule has 21 heavy (non-hydrogen) atoms. The van der Waals surface area contributed by atoms with E-state index in [9.17, 15) is 13.2 Å². The summed E-state index contributed by atoms with van der Waals surface area (Å²) in [5, 5.41) is 9.62. The van der Waals surface area contributed by atoms with Crippen LogP contribution in [0.25, 0.3) is 0 Å². The second-order valence-electron chi connectivity index (χ2n) is 4.37. The molecule has 0 saturated carbocycles. The van der Waals surface area contributed by atoms with Gasteiger partial charge in [-0.25, -0.2) is 9.97 Å². The van der Waals surface area contributed by atoms with Crippen LogP contribution in [0.4, 0.5) is 24.8 Å². The monoisotopic (exact) mass is 300 g/mol. The summed E-state index contributed by atoms with van der Waals surface area (Å²) in [6.45, 7) is 0.425. The standard InChI is InChI=1S/C12H15F3N6/c1-16-9-7-10(19-11(18-9)12(13,14)15)17-5-3-8-4-6-21(2)20-8/h4,6-7H,3,5H2,1-2H3,(H2,16,17,18,19). The third kappa shape index (κ3) is 4.07. The molecule has 0 aliphatic heterocycles. The van der Waals surface area contributed by atoms with E-state index in [0.29, 0.717) is 13.0 Å². The molecule has 2 heterocycles. The Morgan fingerprint density at radius 2 is 1.95 bits per heavy atom. The minimum atomic E-state index is -4.58. The second-order valence-corrected chi connectivity index (χ2v) is 4.37. The molecule has 2 aromatic heterocycles. The number of alkyl halides is 3. The third-order valence-electron chi connectivity index (χ3n) is 2.69. The molecule has 0 unspecified atom stereocenters. The SMILES string of the molecule is CNc1cc(NCCc2ccn(C)n2)nc(C(F)(F)F)n1. The van der Waals surface area contributed by atoms with Crippen molar-refractivity contribution < 1.29 is 13.2 Å². The topological polar surface area (TPSA) is 67.7 Å². The molecule has 2 aromatic rings. The second kappa shape index (κ2) is 5.98. The predicted molar refractivity (Wildman–Crippen MR) is 72.0 cm³/mol. The van der Waals surface area contributed by atoms with Crippen molar-refractivity contribution in [2.45, 2.75) is 12.6 Å². The summed E-state index contributed by atoms with van der Waals surface area (Å²) in [6, 6.07) is 3.27. The van der Waals surface area contributed by atoms with Crippen molar-refractivity contribution in [2.24, 2.45) is 7.05 Å². The molecule has 2 rings (SSSR count). The van der Waals surface area contributed by atoms with Gasteiger partial charge in [-0.15, -0.1) is 0 Å². The van der Waals surface area contributed by atoms with Crippen LogP contribution < -0.4 is 10.6 Å². The minimum Gasteiger partial charge on any atom is -0.373 e. The van der Waals surface area contributed by atoms with Gasteiger partial charge in [-0.1, -0.05) is 0 Å². The Hall–Kier alpha value is -2.32. The molecule has 0 amide bonds. The van der Waals surface area contributed by atoms with Gasteiger partial charge < -0.3 is 10.6 Å². The van der Waals surface area contributed by atoms with E-state index in [-0.39, 0.29) is 11.6 Å². The lowest BCUT2D eigenvalue weighted by molar-refractivity contribution is -0.144. The Labute approximate surface area is 119 Å². The van der Waals surface area contributed by atoms with E-state index >= 15 is 0 Å². The maximum absolute atomic E-state index is 12.7. The molecule has 0 aliphatic carbocycles. The third-order valence-corrected chi connectivity index (χ3v) is 2.69. The summed E-state index contributed by atoms with van der Waals surface area (Å²) < 4.78 is 39.7. The van der Waals surface area contributed by atoms with Crippen LogP contribution in [0.5, 0.6) is 0 Å². The first kappa shape index (κ1) is 15.1. The highest BCUT2D eigenvalue weighted by atomic mass is 19.4. The number of halogens is 3. The molecule has 114 valence electrons. The summed E-state index contributed by atoms with van der Waals surface area (Å²) in [5.41, 5.74) is 0.851. The molecule has 0 spiro atoms. The molecule has 2 N–H and O–H groups in total. The van der Waals surface area contributed by atoms with E-state index in [2.05, 4.69) is 25.7 Å². The summed E-state index contributed by atoms with van der Waals surface area (Å²) in [4.78, 5) is 6.87. The van der Waals surface area contributed by atoms with E-state index in [1.165, 1.54) is 13.1 Å². The van der Waals surface area contributed by atoms with Gasteiger partial charge in [-0.05, 0) is 6.07 Å². The van der Waals surface area contributed by atoms with Crippen LogP contribution in [-0.2, 0) is 19.6 Å². The molecule has 6 nitrogen and oxygen atoms in total. The number of nitrogens with one attached hydrogen (secondary N) is 2. The zero-order valence-corrected chi connectivity index (χ0v) is 11.6. The Kier molecular flexibility index (Phi) is 4.29. The number of rotatable bonds is 5. The van der Waals surface area contributed by atoms with Crippen LogP contribution in [0.3, 0.4) is 0 Å². The van der Waals surface area contributed by atoms with E-state index in [0.717, 1.165) is 5.69 Å². The molecule has 0 aromatic carbocycles. The molecule has 0 radical (unpaired) electrons. The normalized spacial score (nSPS) is 11.5. The number of aromatic nitrogens is 4. The van der Waals surface area contributed by atoms with Gasteiger partial charge in [-0.3, -0.25) is 4.68 Å². The average molecular weight is 300 g/mol. The fourth-order valence-electron chi connectivity index (χ4n) is 1.71. The van der Waals surface area contributed by atoms with Gasteiger partial charge in [0.05, 0.1) is 5.69 Å². The molecular weight excluding hydrogens is 285 g/mol. The van der Waals surface area contributed by atoms with Gasteiger partial charge in [0.1, 0.15) is 11.6 Å². The predicted octanol–water partition coefficient (Wildman–Crippen LogP) is 1.93. The number of aryl methyl sites for hydroxylation is 1. The lowest BCUT2D eigenvalue weighted by Gasteiger charge is -2.11. The molecule has 0 atom stereocenters. The Morgan fingerprint density at radius 1 is 1.24 bits per heavy atom. The summed E-state index contributed by atoms with van der Waals surface area (Å²) in [6.07, 6.45) is -2.19. The van der Waals surface area contributed by atoms with Crippen LogP contribution in [0, 0.1) is 0 Å². The lowest BCUT2D eigenvalue weighted by Crippen LogP contribution is -2.15. The largest absolute Gasteiger partial charge is 0.451 e. The fraction of sp³-hybridized carbons (Fsp3) is 0.417. The Morgan fingerprint density at radius 3 is 2.52 bits per heavy atom. The average Bonchev–Trinajstić information content (AvgIpc) is 2.83. The smallest absolute Gasteiger partial charge is 0.373 e. The molecule has 0 bridgehead atoms. The van der Waals surface area contributed by atoms with Crippen molar-refractivity contribution in [3.63, 3.8) is 0 Å². The van der Waals surface area contributed by atoms with Crippen LogP contribution in [0.1, 0.15) is 11.5 Å². The number of anilines is 2. The lowest BCUT2D eigenvalue weighted by atomic mass is 10.3. The Bertz CT molecular complexity index is 607. The zero-order chi connectivity index (χ0) is 15.5. The number of nitrogens with zero attached hydrogens (tertiary/aromatic N) is 4. The van der Waals surface area contributed by atoms with Crippen molar-refractivity contribution >= 4 is 11.6 Å². The summed E-state index contributed by atoms with van der Waals surface area (Å²) in [7, 11) is 3.30. The summed E-state index contributed by atoms with van der Waals surface area (Å²) in [5.74, 6) is -0.940. The van der Waals surface area contributed by atoms with E-state index < -0.39 is 12.0 Å². The van der Waals surface area contributed by atoms with Crippen LogP contribution >= 0.6 is 0 Å². The maximum atomic E-state index is 12.7. The quantitative estimate of drug-likeness (QED) is 0.883. The number of hydrogen-bond donors (Lipinski definition) is 2. The van der Waals surface area contributed by atoms with Gasteiger partial charge in [0, 0.05) is 39.3 Å². The molecule has 0 saturated heterocycles. The van der Waals surface area contributed by atoms with Gasteiger partial charge in [0.15, 0.2) is 0 Å². The Balaban J connectivity index is 2.05. The molecule has 0 aliphatic rings. The van der Waals surface area contributed by atoms with Gasteiger partial charge in [0.25, 0.3) is 0 Å².